The predicted molar refractivity (Wildman–Crippen MR) is 65.1 cm³/mol. The molecule has 0 radical (unpaired) electrons. The third-order valence-corrected chi connectivity index (χ3v) is 3.48. The molecule has 0 amide bonds. The van der Waals surface area contributed by atoms with Crippen LogP contribution in [0.4, 0.5) is 13.2 Å². The van der Waals surface area contributed by atoms with Gasteiger partial charge in [0.25, 0.3) is 10.1 Å². The van der Waals surface area contributed by atoms with Crippen LogP contribution < -0.4 is 0 Å². The second-order valence-corrected chi connectivity index (χ2v) is 5.38. The average molecular weight is 300 g/mol. The van der Waals surface area contributed by atoms with Gasteiger partial charge in [0.15, 0.2) is 0 Å². The number of hydrogen-bond donors (Lipinski definition) is 1. The van der Waals surface area contributed by atoms with Gasteiger partial charge in [-0.3, -0.25) is 4.55 Å². The summed E-state index contributed by atoms with van der Waals surface area (Å²) in [7, 11) is -3.94. The highest BCUT2D eigenvalue weighted by molar-refractivity contribution is 7.86. The molecular weight excluding hydrogens is 285 g/mol. The Morgan fingerprint density at radius 2 is 2.05 bits per heavy atom. The van der Waals surface area contributed by atoms with Gasteiger partial charge in [0.1, 0.15) is 5.82 Å². The summed E-state index contributed by atoms with van der Waals surface area (Å²) in [4.78, 5) is 4.06. The first kappa shape index (κ1) is 17.6. The number of rotatable bonds is 5. The zero-order valence-electron chi connectivity index (χ0n) is 10.2. The van der Waals surface area contributed by atoms with Crippen molar-refractivity contribution in [3.05, 3.63) is 24.8 Å². The van der Waals surface area contributed by atoms with Crippen LogP contribution in [0, 0.1) is 0 Å². The average Bonchev–Trinajstić information content (AvgIpc) is 2.70. The first-order chi connectivity index (χ1) is 8.68. The van der Waals surface area contributed by atoms with Crippen LogP contribution in [0.15, 0.2) is 19.0 Å². The van der Waals surface area contributed by atoms with Crippen molar-refractivity contribution in [3.8, 4) is 0 Å². The molecule has 1 heterocycles. The van der Waals surface area contributed by atoms with Crippen molar-refractivity contribution in [3.63, 3.8) is 0 Å². The number of imidazole rings is 1. The van der Waals surface area contributed by atoms with Gasteiger partial charge in [-0.1, -0.05) is 6.58 Å². The molecule has 1 aromatic heterocycles. The maximum absolute atomic E-state index is 10.8. The van der Waals surface area contributed by atoms with Crippen molar-refractivity contribution in [1.82, 2.24) is 9.55 Å². The van der Waals surface area contributed by atoms with Gasteiger partial charge in [-0.25, -0.2) is 4.98 Å². The first-order valence-corrected chi connectivity index (χ1v) is 6.71. The van der Waals surface area contributed by atoms with Crippen LogP contribution in [-0.4, -0.2) is 34.5 Å². The SMILES string of the molecule is C=Cn1ccnc1CCC(C)S(=O)(=O)O.FC(F)F. The van der Waals surface area contributed by atoms with E-state index in [-0.39, 0.29) is 0 Å². The summed E-state index contributed by atoms with van der Waals surface area (Å²) in [5.74, 6) is 0.737. The Bertz CT molecular complexity index is 485. The van der Waals surface area contributed by atoms with Gasteiger partial charge in [-0.2, -0.15) is 21.6 Å². The fraction of sp³-hybridized carbons (Fsp3) is 0.500. The molecule has 5 nitrogen and oxygen atoms in total. The molecule has 0 aliphatic carbocycles. The van der Waals surface area contributed by atoms with Crippen LogP contribution in [0.25, 0.3) is 6.20 Å². The normalized spacial score (nSPS) is 12.7. The molecule has 1 atom stereocenters. The zero-order valence-corrected chi connectivity index (χ0v) is 11.0. The van der Waals surface area contributed by atoms with E-state index >= 15 is 0 Å². The molecule has 1 aromatic rings. The van der Waals surface area contributed by atoms with Gasteiger partial charge < -0.3 is 4.57 Å². The minimum absolute atomic E-state index is 0.337. The Labute approximate surface area is 109 Å². The predicted octanol–water partition coefficient (Wildman–Crippen LogP) is 2.37. The van der Waals surface area contributed by atoms with E-state index in [2.05, 4.69) is 11.6 Å². The standard InChI is InChI=1S/C9H14N2O3S.CHF3/c1-3-11-7-6-10-9(11)5-4-8(2)15(12,13)14;2-1(3)4/h3,6-8H,1,4-5H2,2H3,(H,12,13,14);1H. The maximum atomic E-state index is 10.8. The van der Waals surface area contributed by atoms with E-state index < -0.39 is 22.0 Å². The molecule has 0 aliphatic rings. The summed E-state index contributed by atoms with van der Waals surface area (Å²) in [5.41, 5.74) is 0. The third kappa shape index (κ3) is 7.62. The second kappa shape index (κ2) is 7.95. The molecule has 1 unspecified atom stereocenters. The molecule has 0 spiro atoms. The number of nitrogens with zero attached hydrogens (tertiary/aromatic N) is 2. The number of aromatic nitrogens is 2. The van der Waals surface area contributed by atoms with E-state index in [1.165, 1.54) is 6.92 Å². The highest BCUT2D eigenvalue weighted by atomic mass is 32.2. The zero-order chi connectivity index (χ0) is 15.1. The monoisotopic (exact) mass is 300 g/mol. The first-order valence-electron chi connectivity index (χ1n) is 5.21. The summed E-state index contributed by atoms with van der Waals surface area (Å²) in [5, 5.41) is -0.771. The van der Waals surface area contributed by atoms with Crippen molar-refractivity contribution in [2.24, 2.45) is 0 Å². The van der Waals surface area contributed by atoms with Gasteiger partial charge >= 0.3 is 6.68 Å². The van der Waals surface area contributed by atoms with Crippen LogP contribution in [0.2, 0.25) is 0 Å². The van der Waals surface area contributed by atoms with Crippen molar-refractivity contribution in [2.75, 3.05) is 0 Å². The number of hydrogen-bond acceptors (Lipinski definition) is 3. The second-order valence-electron chi connectivity index (χ2n) is 3.55. The summed E-state index contributed by atoms with van der Waals surface area (Å²) in [6, 6.07) is 0. The molecule has 0 aliphatic heterocycles. The molecule has 0 saturated heterocycles. The Morgan fingerprint density at radius 1 is 1.53 bits per heavy atom. The number of alkyl halides is 3. The third-order valence-electron chi connectivity index (χ3n) is 2.23. The van der Waals surface area contributed by atoms with Gasteiger partial charge in [-0.05, 0) is 13.3 Å². The van der Waals surface area contributed by atoms with Crippen LogP contribution in [-0.2, 0) is 16.5 Å². The summed E-state index contributed by atoms with van der Waals surface area (Å²) in [6.07, 6.45) is 5.78. The highest BCUT2D eigenvalue weighted by Gasteiger charge is 2.17. The van der Waals surface area contributed by atoms with Crippen LogP contribution >= 0.6 is 0 Å². The van der Waals surface area contributed by atoms with E-state index in [9.17, 15) is 21.6 Å². The lowest BCUT2D eigenvalue weighted by atomic mass is 10.2. The van der Waals surface area contributed by atoms with Crippen LogP contribution in [0.1, 0.15) is 19.2 Å². The highest BCUT2D eigenvalue weighted by Crippen LogP contribution is 2.08. The number of halogens is 3. The number of aryl methyl sites for hydroxylation is 1. The Hall–Kier alpha value is -1.35. The molecule has 1 rings (SSSR count). The van der Waals surface area contributed by atoms with Crippen molar-refractivity contribution < 1.29 is 26.1 Å². The van der Waals surface area contributed by atoms with Gasteiger partial charge in [0.2, 0.25) is 0 Å². The fourth-order valence-electron chi connectivity index (χ4n) is 1.19. The summed E-state index contributed by atoms with van der Waals surface area (Å²) < 4.78 is 61.0. The fourth-order valence-corrected chi connectivity index (χ4v) is 1.60. The molecule has 110 valence electrons. The van der Waals surface area contributed by atoms with Crippen molar-refractivity contribution in [2.45, 2.75) is 31.7 Å². The minimum Gasteiger partial charge on any atom is -0.311 e. The molecule has 1 N–H and O–H groups in total. The largest absolute Gasteiger partial charge is 0.379 e. The quantitative estimate of drug-likeness (QED) is 0.847. The summed E-state index contributed by atoms with van der Waals surface area (Å²) in [6.45, 7) is 1.40. The lowest BCUT2D eigenvalue weighted by Gasteiger charge is -2.07. The van der Waals surface area contributed by atoms with Crippen LogP contribution in [0.3, 0.4) is 0 Å². The van der Waals surface area contributed by atoms with Gasteiger partial charge in [0, 0.05) is 25.0 Å². The molecular formula is C10H15F3N2O3S. The Kier molecular flexibility index (Phi) is 7.38. The lowest BCUT2D eigenvalue weighted by molar-refractivity contribution is 0.00819. The Balaban J connectivity index is 0.000000711. The lowest BCUT2D eigenvalue weighted by Crippen LogP contribution is -2.17. The van der Waals surface area contributed by atoms with E-state index in [0.29, 0.717) is 12.8 Å². The smallest absolute Gasteiger partial charge is 0.311 e. The van der Waals surface area contributed by atoms with Gasteiger partial charge in [0.05, 0.1) is 5.25 Å². The molecule has 19 heavy (non-hydrogen) atoms. The summed E-state index contributed by atoms with van der Waals surface area (Å²) >= 11 is 0. The minimum atomic E-state index is -3.94. The van der Waals surface area contributed by atoms with Crippen LogP contribution in [0.5, 0.6) is 0 Å². The topological polar surface area (TPSA) is 72.2 Å². The van der Waals surface area contributed by atoms with E-state index in [1.54, 1.807) is 23.2 Å². The van der Waals surface area contributed by atoms with E-state index in [1.807, 2.05) is 0 Å². The van der Waals surface area contributed by atoms with Crippen molar-refractivity contribution in [1.29, 1.82) is 0 Å². The van der Waals surface area contributed by atoms with Crippen molar-refractivity contribution >= 4 is 16.3 Å². The van der Waals surface area contributed by atoms with Gasteiger partial charge in [-0.15, -0.1) is 0 Å². The van der Waals surface area contributed by atoms with E-state index in [0.717, 1.165) is 5.82 Å². The molecule has 0 bridgehead atoms. The molecule has 0 saturated carbocycles. The Morgan fingerprint density at radius 3 is 2.47 bits per heavy atom. The van der Waals surface area contributed by atoms with E-state index in [4.69, 9.17) is 4.55 Å². The maximum Gasteiger partial charge on any atom is 0.379 e. The molecule has 0 aromatic carbocycles. The molecule has 9 heteroatoms. The molecule has 0 fully saturated rings.